The van der Waals surface area contributed by atoms with Crippen LogP contribution in [0.15, 0.2) is 39.9 Å². The standard InChI is InChI=1S/C13H14N2O5S2/c1-19-9-3-4-11(12(7-9)20-2)14-13(16)15-22(17,18)10-5-6-21-8-10/h3-8H,1-2H3,(H2,14,15,16). The van der Waals surface area contributed by atoms with Crippen molar-refractivity contribution in [3.8, 4) is 11.5 Å². The Hall–Kier alpha value is -2.26. The van der Waals surface area contributed by atoms with Gasteiger partial charge in [0.2, 0.25) is 0 Å². The smallest absolute Gasteiger partial charge is 0.333 e. The second kappa shape index (κ2) is 6.67. The fourth-order valence-corrected chi connectivity index (χ4v) is 3.57. The van der Waals surface area contributed by atoms with E-state index in [1.165, 1.54) is 37.0 Å². The quantitative estimate of drug-likeness (QED) is 0.869. The maximum Gasteiger partial charge on any atom is 0.333 e. The van der Waals surface area contributed by atoms with E-state index in [0.717, 1.165) is 0 Å². The van der Waals surface area contributed by atoms with Gasteiger partial charge in [-0.1, -0.05) is 0 Å². The van der Waals surface area contributed by atoms with Crippen LogP contribution in [0.25, 0.3) is 0 Å². The van der Waals surface area contributed by atoms with Crippen molar-refractivity contribution in [3.05, 3.63) is 35.0 Å². The van der Waals surface area contributed by atoms with Crippen LogP contribution in [0.3, 0.4) is 0 Å². The van der Waals surface area contributed by atoms with Gasteiger partial charge in [0.05, 0.1) is 24.8 Å². The van der Waals surface area contributed by atoms with Crippen molar-refractivity contribution in [2.45, 2.75) is 4.90 Å². The number of carbonyl (C=O) groups excluding carboxylic acids is 1. The molecular formula is C13H14N2O5S2. The highest BCUT2D eigenvalue weighted by atomic mass is 32.2. The van der Waals surface area contributed by atoms with E-state index in [-0.39, 0.29) is 4.90 Å². The molecule has 0 unspecified atom stereocenters. The number of rotatable bonds is 5. The predicted molar refractivity (Wildman–Crippen MR) is 83.2 cm³/mol. The second-order valence-electron chi connectivity index (χ2n) is 4.08. The molecule has 2 aromatic rings. The lowest BCUT2D eigenvalue weighted by Gasteiger charge is -2.12. The van der Waals surface area contributed by atoms with Gasteiger partial charge in [0.25, 0.3) is 10.0 Å². The fourth-order valence-electron chi connectivity index (χ4n) is 1.64. The van der Waals surface area contributed by atoms with Crippen molar-refractivity contribution < 1.29 is 22.7 Å². The number of sulfonamides is 1. The van der Waals surface area contributed by atoms with E-state index in [9.17, 15) is 13.2 Å². The Labute approximate surface area is 131 Å². The van der Waals surface area contributed by atoms with Gasteiger partial charge in [0.1, 0.15) is 11.5 Å². The summed E-state index contributed by atoms with van der Waals surface area (Å²) < 4.78 is 36.0. The maximum absolute atomic E-state index is 11.9. The highest BCUT2D eigenvalue weighted by Crippen LogP contribution is 2.29. The molecule has 7 nitrogen and oxygen atoms in total. The van der Waals surface area contributed by atoms with Gasteiger partial charge in [-0.2, -0.15) is 11.3 Å². The van der Waals surface area contributed by atoms with Crippen LogP contribution in [0.2, 0.25) is 0 Å². The Morgan fingerprint density at radius 3 is 2.55 bits per heavy atom. The van der Waals surface area contributed by atoms with E-state index in [4.69, 9.17) is 9.47 Å². The molecule has 0 aliphatic rings. The van der Waals surface area contributed by atoms with E-state index >= 15 is 0 Å². The Kier molecular flexibility index (Phi) is 4.88. The molecule has 1 aromatic carbocycles. The Morgan fingerprint density at radius 1 is 1.18 bits per heavy atom. The molecule has 0 saturated carbocycles. The SMILES string of the molecule is COc1ccc(NC(=O)NS(=O)(=O)c2ccsc2)c(OC)c1. The summed E-state index contributed by atoms with van der Waals surface area (Å²) in [6.07, 6.45) is 0. The molecule has 9 heteroatoms. The van der Waals surface area contributed by atoms with Crippen molar-refractivity contribution in [1.82, 2.24) is 4.72 Å². The third-order valence-electron chi connectivity index (χ3n) is 2.69. The number of carbonyl (C=O) groups is 1. The largest absolute Gasteiger partial charge is 0.497 e. The Balaban J connectivity index is 2.13. The number of benzene rings is 1. The summed E-state index contributed by atoms with van der Waals surface area (Å²) >= 11 is 1.22. The number of hydrogen-bond acceptors (Lipinski definition) is 6. The first kappa shape index (κ1) is 16.1. The van der Waals surface area contributed by atoms with Crippen LogP contribution in [-0.2, 0) is 10.0 Å². The topological polar surface area (TPSA) is 93.7 Å². The maximum atomic E-state index is 11.9. The normalized spacial score (nSPS) is 10.8. The lowest BCUT2D eigenvalue weighted by atomic mass is 10.2. The van der Waals surface area contributed by atoms with E-state index in [2.05, 4.69) is 5.32 Å². The molecular weight excluding hydrogens is 328 g/mol. The first-order valence-corrected chi connectivity index (χ1v) is 8.47. The molecule has 1 aromatic heterocycles. The predicted octanol–water partition coefficient (Wildman–Crippen LogP) is 2.28. The van der Waals surface area contributed by atoms with Crippen LogP contribution in [0.4, 0.5) is 10.5 Å². The van der Waals surface area contributed by atoms with Gasteiger partial charge in [0, 0.05) is 11.4 Å². The molecule has 0 fully saturated rings. The van der Waals surface area contributed by atoms with Crippen LogP contribution in [0, 0.1) is 0 Å². The van der Waals surface area contributed by atoms with Crippen molar-refractivity contribution in [3.63, 3.8) is 0 Å². The number of thiophene rings is 1. The molecule has 0 atom stereocenters. The first-order valence-electron chi connectivity index (χ1n) is 6.04. The molecule has 2 N–H and O–H groups in total. The third-order valence-corrected chi connectivity index (χ3v) is 4.85. The van der Waals surface area contributed by atoms with Crippen LogP contribution >= 0.6 is 11.3 Å². The Morgan fingerprint density at radius 2 is 1.95 bits per heavy atom. The molecule has 0 radical (unpaired) electrons. The summed E-state index contributed by atoms with van der Waals surface area (Å²) in [7, 11) is -0.953. The van der Waals surface area contributed by atoms with Crippen molar-refractivity contribution in [2.24, 2.45) is 0 Å². The Bertz CT molecular complexity index is 757. The van der Waals surface area contributed by atoms with Crippen LogP contribution < -0.4 is 19.5 Å². The molecule has 2 amide bonds. The molecule has 0 bridgehead atoms. The molecule has 1 heterocycles. The van der Waals surface area contributed by atoms with Crippen LogP contribution in [-0.4, -0.2) is 28.7 Å². The number of amides is 2. The zero-order valence-electron chi connectivity index (χ0n) is 11.8. The molecule has 0 aliphatic heterocycles. The van der Waals surface area contributed by atoms with Crippen molar-refractivity contribution in [2.75, 3.05) is 19.5 Å². The van der Waals surface area contributed by atoms with Gasteiger partial charge in [-0.3, -0.25) is 0 Å². The summed E-state index contributed by atoms with van der Waals surface area (Å²) in [5.41, 5.74) is 0.321. The molecule has 22 heavy (non-hydrogen) atoms. The zero-order chi connectivity index (χ0) is 16.2. The number of hydrogen-bond donors (Lipinski definition) is 2. The lowest BCUT2D eigenvalue weighted by Crippen LogP contribution is -2.34. The van der Waals surface area contributed by atoms with Crippen molar-refractivity contribution in [1.29, 1.82) is 0 Å². The average molecular weight is 342 g/mol. The monoisotopic (exact) mass is 342 g/mol. The van der Waals surface area contributed by atoms with Crippen molar-refractivity contribution >= 4 is 33.1 Å². The van der Waals surface area contributed by atoms with E-state index in [1.54, 1.807) is 23.6 Å². The average Bonchev–Trinajstić information content (AvgIpc) is 3.02. The van der Waals surface area contributed by atoms with Crippen LogP contribution in [0.5, 0.6) is 11.5 Å². The molecule has 118 valence electrons. The van der Waals surface area contributed by atoms with Gasteiger partial charge in [-0.05, 0) is 23.6 Å². The zero-order valence-corrected chi connectivity index (χ0v) is 13.5. The summed E-state index contributed by atoms with van der Waals surface area (Å²) in [6, 6.07) is 5.27. The van der Waals surface area contributed by atoms with Crippen LogP contribution in [0.1, 0.15) is 0 Å². The minimum atomic E-state index is -3.89. The molecule has 2 rings (SSSR count). The molecule has 0 saturated heterocycles. The number of anilines is 1. The first-order chi connectivity index (χ1) is 10.5. The van der Waals surface area contributed by atoms with Gasteiger partial charge < -0.3 is 14.8 Å². The number of methoxy groups -OCH3 is 2. The van der Waals surface area contributed by atoms with Gasteiger partial charge in [0.15, 0.2) is 0 Å². The van der Waals surface area contributed by atoms with E-state index < -0.39 is 16.1 Å². The molecule has 0 aliphatic carbocycles. The van der Waals surface area contributed by atoms with Gasteiger partial charge in [-0.25, -0.2) is 17.9 Å². The van der Waals surface area contributed by atoms with E-state index in [0.29, 0.717) is 17.2 Å². The van der Waals surface area contributed by atoms with Gasteiger partial charge in [-0.15, -0.1) is 0 Å². The highest BCUT2D eigenvalue weighted by molar-refractivity contribution is 7.90. The summed E-state index contributed by atoms with van der Waals surface area (Å²) in [6.45, 7) is 0. The summed E-state index contributed by atoms with van der Waals surface area (Å²) in [5.74, 6) is 0.899. The number of nitrogens with one attached hydrogen (secondary N) is 2. The second-order valence-corrected chi connectivity index (χ2v) is 6.55. The molecule has 0 spiro atoms. The minimum absolute atomic E-state index is 0.0364. The highest BCUT2D eigenvalue weighted by Gasteiger charge is 2.18. The minimum Gasteiger partial charge on any atom is -0.497 e. The van der Waals surface area contributed by atoms with E-state index in [1.807, 2.05) is 4.72 Å². The summed E-state index contributed by atoms with van der Waals surface area (Å²) in [5, 5.41) is 5.47. The third kappa shape index (κ3) is 3.68. The number of ether oxygens (including phenoxy) is 2. The summed E-state index contributed by atoms with van der Waals surface area (Å²) in [4.78, 5) is 11.9. The fraction of sp³-hybridized carbons (Fsp3) is 0.154. The van der Waals surface area contributed by atoms with Gasteiger partial charge >= 0.3 is 6.03 Å². The lowest BCUT2D eigenvalue weighted by molar-refractivity contribution is 0.256. The number of urea groups is 1.